The molecule has 1 atom stereocenters. The van der Waals surface area contributed by atoms with E-state index >= 15 is 0 Å². The van der Waals surface area contributed by atoms with Gasteiger partial charge < -0.3 is 5.32 Å². The summed E-state index contributed by atoms with van der Waals surface area (Å²) < 4.78 is 1.66. The molecule has 0 aliphatic rings. The van der Waals surface area contributed by atoms with Crippen LogP contribution in [-0.4, -0.2) is 20.7 Å². The van der Waals surface area contributed by atoms with Gasteiger partial charge in [-0.1, -0.05) is 0 Å². The molecular formula is C11H14N4OS. The Morgan fingerprint density at radius 3 is 3.06 bits per heavy atom. The molecule has 0 saturated heterocycles. The molecule has 0 fully saturated rings. The molecular weight excluding hydrogens is 236 g/mol. The number of amides is 1. The Balaban J connectivity index is 1.91. The third kappa shape index (κ3) is 2.91. The van der Waals surface area contributed by atoms with Crippen molar-refractivity contribution in [3.63, 3.8) is 0 Å². The fourth-order valence-corrected chi connectivity index (χ4v) is 1.97. The highest BCUT2D eigenvalue weighted by atomic mass is 32.1. The fourth-order valence-electron chi connectivity index (χ4n) is 1.42. The average molecular weight is 250 g/mol. The number of nitrogens with zero attached hydrogens (tertiary/aromatic N) is 3. The van der Waals surface area contributed by atoms with Crippen LogP contribution in [0.3, 0.4) is 0 Å². The molecule has 2 aromatic rings. The molecule has 1 N–H and O–H groups in total. The van der Waals surface area contributed by atoms with Gasteiger partial charge in [-0.15, -0.1) is 11.3 Å². The average Bonchev–Trinajstić information content (AvgIpc) is 2.95. The topological polar surface area (TPSA) is 59.8 Å². The first kappa shape index (κ1) is 11.8. The van der Waals surface area contributed by atoms with Crippen LogP contribution >= 0.6 is 11.3 Å². The van der Waals surface area contributed by atoms with Crippen molar-refractivity contribution in [3.05, 3.63) is 34.5 Å². The van der Waals surface area contributed by atoms with E-state index in [9.17, 15) is 4.79 Å². The number of carbonyl (C=O) groups excluding carboxylic acids is 1. The minimum atomic E-state index is -0.303. The Labute approximate surface area is 103 Å². The quantitative estimate of drug-likeness (QED) is 0.895. The SMILES string of the molecule is Cc1cnn([C@@H](C)C(=O)NCc2cscn2)c1. The summed E-state index contributed by atoms with van der Waals surface area (Å²) in [5.41, 5.74) is 3.68. The van der Waals surface area contributed by atoms with Gasteiger partial charge in [0, 0.05) is 11.6 Å². The molecule has 0 aromatic carbocycles. The van der Waals surface area contributed by atoms with Crippen molar-refractivity contribution in [2.45, 2.75) is 26.4 Å². The number of hydrogen-bond acceptors (Lipinski definition) is 4. The molecule has 0 radical (unpaired) electrons. The Morgan fingerprint density at radius 2 is 2.47 bits per heavy atom. The summed E-state index contributed by atoms with van der Waals surface area (Å²) in [6, 6.07) is -0.303. The molecule has 2 rings (SSSR count). The predicted octanol–water partition coefficient (Wildman–Crippen LogP) is 1.53. The van der Waals surface area contributed by atoms with Gasteiger partial charge in [0.05, 0.1) is 23.9 Å². The minimum absolute atomic E-state index is 0.0545. The van der Waals surface area contributed by atoms with Crippen LogP contribution in [0.1, 0.15) is 24.2 Å². The number of hydrogen-bond donors (Lipinski definition) is 1. The predicted molar refractivity (Wildman–Crippen MR) is 65.6 cm³/mol. The van der Waals surface area contributed by atoms with E-state index in [1.807, 2.05) is 25.4 Å². The number of aryl methyl sites for hydroxylation is 1. The summed E-state index contributed by atoms with van der Waals surface area (Å²) >= 11 is 1.52. The third-order valence-electron chi connectivity index (χ3n) is 2.43. The van der Waals surface area contributed by atoms with E-state index < -0.39 is 0 Å². The molecule has 2 heterocycles. The van der Waals surface area contributed by atoms with Crippen LogP contribution in [-0.2, 0) is 11.3 Å². The first-order chi connectivity index (χ1) is 8.16. The minimum Gasteiger partial charge on any atom is -0.349 e. The number of aromatic nitrogens is 3. The Hall–Kier alpha value is -1.69. The monoisotopic (exact) mass is 250 g/mol. The van der Waals surface area contributed by atoms with Crippen molar-refractivity contribution in [1.29, 1.82) is 0 Å². The summed E-state index contributed by atoms with van der Waals surface area (Å²) in [6.45, 7) is 4.24. The maximum absolute atomic E-state index is 11.9. The number of thiazole rings is 1. The van der Waals surface area contributed by atoms with Crippen LogP contribution in [0, 0.1) is 6.92 Å². The second-order valence-electron chi connectivity index (χ2n) is 3.87. The zero-order valence-corrected chi connectivity index (χ0v) is 10.6. The second kappa shape index (κ2) is 5.09. The van der Waals surface area contributed by atoms with Gasteiger partial charge in [0.25, 0.3) is 0 Å². The van der Waals surface area contributed by atoms with Gasteiger partial charge in [-0.3, -0.25) is 9.48 Å². The van der Waals surface area contributed by atoms with Crippen molar-refractivity contribution >= 4 is 17.2 Å². The zero-order valence-electron chi connectivity index (χ0n) is 9.75. The smallest absolute Gasteiger partial charge is 0.244 e. The fraction of sp³-hybridized carbons (Fsp3) is 0.364. The van der Waals surface area contributed by atoms with E-state index in [-0.39, 0.29) is 11.9 Å². The summed E-state index contributed by atoms with van der Waals surface area (Å²) in [7, 11) is 0. The first-order valence-electron chi connectivity index (χ1n) is 5.32. The van der Waals surface area contributed by atoms with Gasteiger partial charge in [0.1, 0.15) is 6.04 Å². The highest BCUT2D eigenvalue weighted by Crippen LogP contribution is 2.07. The Kier molecular flexibility index (Phi) is 3.53. The van der Waals surface area contributed by atoms with Crippen molar-refractivity contribution in [2.24, 2.45) is 0 Å². The maximum Gasteiger partial charge on any atom is 0.244 e. The van der Waals surface area contributed by atoms with E-state index in [1.54, 1.807) is 16.4 Å². The van der Waals surface area contributed by atoms with Gasteiger partial charge in [-0.2, -0.15) is 5.10 Å². The van der Waals surface area contributed by atoms with Crippen molar-refractivity contribution in [3.8, 4) is 0 Å². The lowest BCUT2D eigenvalue weighted by molar-refractivity contribution is -0.124. The van der Waals surface area contributed by atoms with E-state index in [0.29, 0.717) is 6.54 Å². The lowest BCUT2D eigenvalue weighted by Gasteiger charge is -2.11. The molecule has 0 unspecified atom stereocenters. The van der Waals surface area contributed by atoms with E-state index in [2.05, 4.69) is 15.4 Å². The molecule has 6 heteroatoms. The van der Waals surface area contributed by atoms with Crippen LogP contribution in [0.2, 0.25) is 0 Å². The Morgan fingerprint density at radius 1 is 1.65 bits per heavy atom. The maximum atomic E-state index is 11.9. The van der Waals surface area contributed by atoms with Crippen molar-refractivity contribution in [2.75, 3.05) is 0 Å². The second-order valence-corrected chi connectivity index (χ2v) is 4.59. The summed E-state index contributed by atoms with van der Waals surface area (Å²) in [5, 5.41) is 8.88. The van der Waals surface area contributed by atoms with Gasteiger partial charge in [0.15, 0.2) is 0 Å². The third-order valence-corrected chi connectivity index (χ3v) is 3.07. The molecule has 0 spiro atoms. The standard InChI is InChI=1S/C11H14N4OS/c1-8-3-14-15(5-8)9(2)11(16)12-4-10-6-17-7-13-10/h3,5-7,9H,4H2,1-2H3,(H,12,16)/t9-/m0/s1. The molecule has 1 amide bonds. The number of carbonyl (C=O) groups is 1. The summed E-state index contributed by atoms with van der Waals surface area (Å²) in [6.07, 6.45) is 3.59. The van der Waals surface area contributed by atoms with Gasteiger partial charge in [-0.25, -0.2) is 4.98 Å². The Bertz CT molecular complexity index is 491. The van der Waals surface area contributed by atoms with E-state index in [0.717, 1.165) is 11.3 Å². The molecule has 0 aliphatic carbocycles. The van der Waals surface area contributed by atoms with Crippen LogP contribution in [0.5, 0.6) is 0 Å². The van der Waals surface area contributed by atoms with Crippen molar-refractivity contribution < 1.29 is 4.79 Å². The van der Waals surface area contributed by atoms with Crippen LogP contribution in [0.15, 0.2) is 23.3 Å². The molecule has 0 saturated carbocycles. The summed E-state index contributed by atoms with van der Waals surface area (Å²) in [4.78, 5) is 16.0. The van der Waals surface area contributed by atoms with Crippen LogP contribution < -0.4 is 5.32 Å². The van der Waals surface area contributed by atoms with Gasteiger partial charge in [-0.05, 0) is 19.4 Å². The highest BCUT2D eigenvalue weighted by Gasteiger charge is 2.15. The van der Waals surface area contributed by atoms with Crippen molar-refractivity contribution in [1.82, 2.24) is 20.1 Å². The number of nitrogens with one attached hydrogen (secondary N) is 1. The lowest BCUT2D eigenvalue weighted by atomic mass is 10.3. The van der Waals surface area contributed by atoms with E-state index in [4.69, 9.17) is 0 Å². The molecule has 17 heavy (non-hydrogen) atoms. The lowest BCUT2D eigenvalue weighted by Crippen LogP contribution is -2.30. The molecule has 2 aromatic heterocycles. The van der Waals surface area contributed by atoms with Gasteiger partial charge in [0.2, 0.25) is 5.91 Å². The molecule has 0 aliphatic heterocycles. The zero-order chi connectivity index (χ0) is 12.3. The normalized spacial score (nSPS) is 12.4. The first-order valence-corrected chi connectivity index (χ1v) is 6.26. The molecule has 90 valence electrons. The number of rotatable bonds is 4. The molecule has 5 nitrogen and oxygen atoms in total. The summed E-state index contributed by atoms with van der Waals surface area (Å²) in [5.74, 6) is -0.0545. The van der Waals surface area contributed by atoms with Crippen LogP contribution in [0.25, 0.3) is 0 Å². The van der Waals surface area contributed by atoms with E-state index in [1.165, 1.54) is 11.3 Å². The highest BCUT2D eigenvalue weighted by molar-refractivity contribution is 7.07. The molecule has 0 bridgehead atoms. The van der Waals surface area contributed by atoms with Gasteiger partial charge >= 0.3 is 0 Å². The largest absolute Gasteiger partial charge is 0.349 e. The van der Waals surface area contributed by atoms with Crippen LogP contribution in [0.4, 0.5) is 0 Å².